The largest absolute Gasteiger partial charge is 0.339 e. The predicted molar refractivity (Wildman–Crippen MR) is 62.1 cm³/mol. The number of aromatic amines is 1. The standard InChI is InChI=1S/C10H13N5S/c1-6-7(2)14-15-9(8(6)5-11)16-10-12-3-4-13-10/h3-4H,5,11H2,1-2H3,(H,12,13). The highest BCUT2D eigenvalue weighted by Gasteiger charge is 2.11. The van der Waals surface area contributed by atoms with Gasteiger partial charge in [-0.15, -0.1) is 5.10 Å². The lowest BCUT2D eigenvalue weighted by molar-refractivity contribution is 0.822. The summed E-state index contributed by atoms with van der Waals surface area (Å²) in [5.41, 5.74) is 8.80. The smallest absolute Gasteiger partial charge is 0.171 e. The van der Waals surface area contributed by atoms with Gasteiger partial charge in [-0.05, 0) is 31.2 Å². The normalized spacial score (nSPS) is 10.7. The van der Waals surface area contributed by atoms with Gasteiger partial charge < -0.3 is 10.7 Å². The van der Waals surface area contributed by atoms with E-state index in [9.17, 15) is 0 Å². The van der Waals surface area contributed by atoms with Crippen LogP contribution in [0.5, 0.6) is 0 Å². The van der Waals surface area contributed by atoms with Gasteiger partial charge >= 0.3 is 0 Å². The first-order chi connectivity index (χ1) is 7.72. The Morgan fingerprint density at radius 2 is 2.19 bits per heavy atom. The molecule has 0 unspecified atom stereocenters. The molecule has 0 saturated carbocycles. The van der Waals surface area contributed by atoms with Crippen LogP contribution in [0.1, 0.15) is 16.8 Å². The number of nitrogens with two attached hydrogens (primary N) is 1. The van der Waals surface area contributed by atoms with Crippen LogP contribution in [-0.4, -0.2) is 20.2 Å². The van der Waals surface area contributed by atoms with Crippen LogP contribution in [0.4, 0.5) is 0 Å². The third-order valence-corrected chi connectivity index (χ3v) is 3.35. The highest BCUT2D eigenvalue weighted by atomic mass is 32.2. The van der Waals surface area contributed by atoms with E-state index in [2.05, 4.69) is 20.2 Å². The molecule has 3 N–H and O–H groups in total. The van der Waals surface area contributed by atoms with E-state index in [-0.39, 0.29) is 0 Å². The molecule has 0 spiro atoms. The molecule has 0 aliphatic rings. The molecule has 0 atom stereocenters. The summed E-state index contributed by atoms with van der Waals surface area (Å²) in [5.74, 6) is 0. The van der Waals surface area contributed by atoms with Crippen molar-refractivity contribution in [3.8, 4) is 0 Å². The summed E-state index contributed by atoms with van der Waals surface area (Å²) in [7, 11) is 0. The first-order valence-electron chi connectivity index (χ1n) is 4.92. The number of H-pyrrole nitrogens is 1. The van der Waals surface area contributed by atoms with Crippen LogP contribution < -0.4 is 5.73 Å². The molecular formula is C10H13N5S. The lowest BCUT2D eigenvalue weighted by atomic mass is 10.1. The van der Waals surface area contributed by atoms with Crippen LogP contribution in [0.3, 0.4) is 0 Å². The molecule has 16 heavy (non-hydrogen) atoms. The molecule has 0 aliphatic heterocycles. The van der Waals surface area contributed by atoms with E-state index < -0.39 is 0 Å². The second kappa shape index (κ2) is 4.63. The van der Waals surface area contributed by atoms with Crippen molar-refractivity contribution in [1.82, 2.24) is 20.2 Å². The molecule has 5 nitrogen and oxygen atoms in total. The minimum atomic E-state index is 0.464. The molecular weight excluding hydrogens is 222 g/mol. The fraction of sp³-hybridized carbons (Fsp3) is 0.300. The van der Waals surface area contributed by atoms with Gasteiger partial charge in [-0.25, -0.2) is 4.98 Å². The summed E-state index contributed by atoms with van der Waals surface area (Å²) >= 11 is 1.45. The second-order valence-electron chi connectivity index (χ2n) is 3.39. The van der Waals surface area contributed by atoms with E-state index in [0.29, 0.717) is 6.54 Å². The average molecular weight is 235 g/mol. The Kier molecular flexibility index (Phi) is 3.21. The number of aromatic nitrogens is 4. The van der Waals surface area contributed by atoms with Crippen molar-refractivity contribution in [2.45, 2.75) is 30.6 Å². The van der Waals surface area contributed by atoms with Gasteiger partial charge in [0.1, 0.15) is 5.03 Å². The maximum atomic E-state index is 5.74. The van der Waals surface area contributed by atoms with Gasteiger partial charge in [0.15, 0.2) is 5.16 Å². The summed E-state index contributed by atoms with van der Waals surface area (Å²) in [6, 6.07) is 0. The molecule has 0 saturated heterocycles. The number of nitrogens with zero attached hydrogens (tertiary/aromatic N) is 3. The second-order valence-corrected chi connectivity index (χ2v) is 4.37. The molecule has 2 heterocycles. The first kappa shape index (κ1) is 11.1. The Bertz CT molecular complexity index is 480. The topological polar surface area (TPSA) is 80.5 Å². The van der Waals surface area contributed by atoms with Gasteiger partial charge in [-0.2, -0.15) is 5.10 Å². The zero-order valence-electron chi connectivity index (χ0n) is 9.19. The number of aryl methyl sites for hydroxylation is 1. The zero-order valence-corrected chi connectivity index (χ0v) is 10.0. The molecule has 2 aromatic heterocycles. The lowest BCUT2D eigenvalue weighted by Crippen LogP contribution is -2.06. The number of hydrogen-bond acceptors (Lipinski definition) is 5. The van der Waals surface area contributed by atoms with Crippen molar-refractivity contribution < 1.29 is 0 Å². The van der Waals surface area contributed by atoms with E-state index in [1.165, 1.54) is 11.8 Å². The van der Waals surface area contributed by atoms with Gasteiger partial charge in [0.25, 0.3) is 0 Å². The summed E-state index contributed by atoms with van der Waals surface area (Å²) < 4.78 is 0. The van der Waals surface area contributed by atoms with Crippen molar-refractivity contribution in [2.24, 2.45) is 5.73 Å². The van der Waals surface area contributed by atoms with Gasteiger partial charge in [0, 0.05) is 24.5 Å². The van der Waals surface area contributed by atoms with Crippen molar-refractivity contribution >= 4 is 11.8 Å². The molecule has 0 aromatic carbocycles. The van der Waals surface area contributed by atoms with Crippen molar-refractivity contribution in [3.63, 3.8) is 0 Å². The zero-order chi connectivity index (χ0) is 11.5. The van der Waals surface area contributed by atoms with Gasteiger partial charge in [-0.1, -0.05) is 0 Å². The third-order valence-electron chi connectivity index (χ3n) is 2.41. The van der Waals surface area contributed by atoms with E-state index >= 15 is 0 Å². The van der Waals surface area contributed by atoms with Crippen LogP contribution in [0, 0.1) is 13.8 Å². The SMILES string of the molecule is Cc1nnc(Sc2ncc[nH]2)c(CN)c1C. The van der Waals surface area contributed by atoms with Gasteiger partial charge in [-0.3, -0.25) is 0 Å². The summed E-state index contributed by atoms with van der Waals surface area (Å²) in [6.07, 6.45) is 3.48. The summed E-state index contributed by atoms with van der Waals surface area (Å²) in [6.45, 7) is 4.41. The maximum absolute atomic E-state index is 5.74. The Morgan fingerprint density at radius 3 is 2.81 bits per heavy atom. The Labute approximate surface area is 97.9 Å². The van der Waals surface area contributed by atoms with Crippen LogP contribution in [-0.2, 0) is 6.54 Å². The molecule has 0 fully saturated rings. The number of nitrogens with one attached hydrogen (secondary N) is 1. The minimum Gasteiger partial charge on any atom is -0.339 e. The molecule has 0 radical (unpaired) electrons. The molecule has 6 heteroatoms. The van der Waals surface area contributed by atoms with E-state index in [0.717, 1.165) is 27.0 Å². The predicted octanol–water partition coefficient (Wildman–Crippen LogP) is 1.43. The molecule has 2 aromatic rings. The minimum absolute atomic E-state index is 0.464. The highest BCUT2D eigenvalue weighted by molar-refractivity contribution is 7.99. The number of hydrogen-bond donors (Lipinski definition) is 2. The Hall–Kier alpha value is -1.40. The molecule has 0 aliphatic carbocycles. The first-order valence-corrected chi connectivity index (χ1v) is 5.74. The van der Waals surface area contributed by atoms with Crippen LogP contribution in [0.25, 0.3) is 0 Å². The number of imidazole rings is 1. The highest BCUT2D eigenvalue weighted by Crippen LogP contribution is 2.27. The van der Waals surface area contributed by atoms with E-state index in [1.807, 2.05) is 13.8 Å². The maximum Gasteiger partial charge on any atom is 0.171 e. The van der Waals surface area contributed by atoms with Crippen molar-refractivity contribution in [3.05, 3.63) is 29.2 Å². The summed E-state index contributed by atoms with van der Waals surface area (Å²) in [4.78, 5) is 7.15. The molecule has 84 valence electrons. The lowest BCUT2D eigenvalue weighted by Gasteiger charge is -2.09. The van der Waals surface area contributed by atoms with Crippen molar-refractivity contribution in [1.29, 1.82) is 0 Å². The molecule has 2 rings (SSSR count). The van der Waals surface area contributed by atoms with E-state index in [4.69, 9.17) is 5.73 Å². The number of rotatable bonds is 3. The quantitative estimate of drug-likeness (QED) is 0.841. The van der Waals surface area contributed by atoms with Crippen LogP contribution in [0.2, 0.25) is 0 Å². The molecule has 0 amide bonds. The Balaban J connectivity index is 2.37. The fourth-order valence-electron chi connectivity index (χ4n) is 1.36. The van der Waals surface area contributed by atoms with E-state index in [1.54, 1.807) is 12.4 Å². The average Bonchev–Trinajstić information content (AvgIpc) is 2.77. The van der Waals surface area contributed by atoms with Crippen molar-refractivity contribution in [2.75, 3.05) is 0 Å². The van der Waals surface area contributed by atoms with Crippen LogP contribution >= 0.6 is 11.8 Å². The van der Waals surface area contributed by atoms with Gasteiger partial charge in [0.05, 0.1) is 5.69 Å². The summed E-state index contributed by atoms with van der Waals surface area (Å²) in [5, 5.41) is 9.88. The fourth-order valence-corrected chi connectivity index (χ4v) is 2.22. The Morgan fingerprint density at radius 1 is 1.38 bits per heavy atom. The van der Waals surface area contributed by atoms with Crippen LogP contribution in [0.15, 0.2) is 22.6 Å². The monoisotopic (exact) mass is 235 g/mol. The van der Waals surface area contributed by atoms with Gasteiger partial charge in [0.2, 0.25) is 0 Å². The third kappa shape index (κ3) is 2.07. The molecule has 0 bridgehead atoms.